The molecule has 2 aliphatic rings. The molecule has 2 aliphatic heterocycles. The summed E-state index contributed by atoms with van der Waals surface area (Å²) < 4.78 is 16.6. The van der Waals surface area contributed by atoms with Crippen LogP contribution in [-0.4, -0.2) is 56.7 Å². The van der Waals surface area contributed by atoms with Gasteiger partial charge in [-0.25, -0.2) is 0 Å². The molecule has 158 valence electrons. The third-order valence-corrected chi connectivity index (χ3v) is 5.59. The number of carbonyl (C=O) groups excluding carboxylic acids is 2. The van der Waals surface area contributed by atoms with E-state index >= 15 is 0 Å². The van der Waals surface area contributed by atoms with Gasteiger partial charge in [0.25, 0.3) is 11.8 Å². The number of anilines is 1. The lowest BCUT2D eigenvalue weighted by atomic mass is 10.1. The number of rotatable bonds is 4. The molecule has 0 radical (unpaired) electrons. The molecule has 1 fully saturated rings. The van der Waals surface area contributed by atoms with Gasteiger partial charge in [0.05, 0.1) is 26.5 Å². The molecule has 2 heterocycles. The minimum atomic E-state index is -0.720. The molecule has 30 heavy (non-hydrogen) atoms. The highest BCUT2D eigenvalue weighted by Crippen LogP contribution is 2.36. The van der Waals surface area contributed by atoms with Crippen LogP contribution < -0.4 is 19.1 Å². The van der Waals surface area contributed by atoms with Crippen LogP contribution in [-0.2, 0) is 4.79 Å². The van der Waals surface area contributed by atoms with E-state index in [0.29, 0.717) is 28.5 Å². The van der Waals surface area contributed by atoms with E-state index in [1.807, 2.05) is 23.1 Å². The van der Waals surface area contributed by atoms with Gasteiger partial charge in [-0.2, -0.15) is 0 Å². The number of benzene rings is 2. The van der Waals surface area contributed by atoms with Gasteiger partial charge in [0.15, 0.2) is 17.6 Å². The maximum Gasteiger partial charge on any atom is 0.265 e. The summed E-state index contributed by atoms with van der Waals surface area (Å²) in [7, 11) is 3.08. The van der Waals surface area contributed by atoms with Crippen molar-refractivity contribution in [2.75, 3.05) is 38.8 Å². The van der Waals surface area contributed by atoms with Crippen LogP contribution >= 0.6 is 0 Å². The first-order valence-electron chi connectivity index (χ1n) is 10.2. The summed E-state index contributed by atoms with van der Waals surface area (Å²) in [6, 6.07) is 12.4. The van der Waals surface area contributed by atoms with Gasteiger partial charge >= 0.3 is 0 Å². The summed E-state index contributed by atoms with van der Waals surface area (Å²) in [5.74, 6) is 1.28. The number of hydrogen-bond donors (Lipinski definition) is 0. The van der Waals surface area contributed by atoms with Crippen molar-refractivity contribution < 1.29 is 23.8 Å². The normalized spacial score (nSPS) is 18.3. The third-order valence-electron chi connectivity index (χ3n) is 5.59. The van der Waals surface area contributed by atoms with Crippen LogP contribution in [0.2, 0.25) is 0 Å². The summed E-state index contributed by atoms with van der Waals surface area (Å²) in [4.78, 5) is 30.0. The quantitative estimate of drug-likeness (QED) is 0.775. The molecule has 1 atom stereocenters. The smallest absolute Gasteiger partial charge is 0.265 e. The highest BCUT2D eigenvalue weighted by atomic mass is 16.5. The number of ether oxygens (including phenoxy) is 3. The van der Waals surface area contributed by atoms with Crippen molar-refractivity contribution in [3.8, 4) is 17.2 Å². The van der Waals surface area contributed by atoms with Gasteiger partial charge in [-0.3, -0.25) is 9.59 Å². The molecule has 0 saturated carbocycles. The number of hydrogen-bond acceptors (Lipinski definition) is 5. The molecule has 2 amide bonds. The van der Waals surface area contributed by atoms with Crippen molar-refractivity contribution in [1.82, 2.24) is 4.90 Å². The zero-order chi connectivity index (χ0) is 21.1. The molecule has 2 aromatic rings. The molecule has 7 heteroatoms. The first-order valence-corrected chi connectivity index (χ1v) is 10.2. The lowest BCUT2D eigenvalue weighted by Gasteiger charge is -2.37. The van der Waals surface area contributed by atoms with Crippen LogP contribution in [0.5, 0.6) is 17.2 Å². The largest absolute Gasteiger partial charge is 0.493 e. The Morgan fingerprint density at radius 3 is 2.43 bits per heavy atom. The number of nitrogens with zero attached hydrogens (tertiary/aromatic N) is 2. The van der Waals surface area contributed by atoms with Crippen molar-refractivity contribution in [2.24, 2.45) is 0 Å². The molecule has 0 spiro atoms. The summed E-state index contributed by atoms with van der Waals surface area (Å²) in [5.41, 5.74) is 1.11. The Labute approximate surface area is 176 Å². The highest BCUT2D eigenvalue weighted by Gasteiger charge is 2.36. The molecule has 0 aliphatic carbocycles. The number of para-hydroxylation sites is 2. The Kier molecular flexibility index (Phi) is 5.79. The van der Waals surface area contributed by atoms with Gasteiger partial charge in [-0.05, 0) is 49.6 Å². The van der Waals surface area contributed by atoms with E-state index < -0.39 is 6.10 Å². The number of carbonyl (C=O) groups is 2. The highest BCUT2D eigenvalue weighted by molar-refractivity contribution is 6.08. The van der Waals surface area contributed by atoms with Crippen LogP contribution in [0.4, 0.5) is 5.69 Å². The molecule has 2 aromatic carbocycles. The Morgan fingerprint density at radius 1 is 0.967 bits per heavy atom. The van der Waals surface area contributed by atoms with Gasteiger partial charge in [0, 0.05) is 18.7 Å². The first kappa shape index (κ1) is 20.1. The molecular weight excluding hydrogens is 384 g/mol. The molecule has 0 aromatic heterocycles. The topological polar surface area (TPSA) is 68.3 Å². The van der Waals surface area contributed by atoms with E-state index in [1.165, 1.54) is 7.11 Å². The van der Waals surface area contributed by atoms with E-state index in [0.717, 1.165) is 32.4 Å². The van der Waals surface area contributed by atoms with Crippen molar-refractivity contribution in [1.29, 1.82) is 0 Å². The van der Waals surface area contributed by atoms with E-state index in [1.54, 1.807) is 36.3 Å². The van der Waals surface area contributed by atoms with Gasteiger partial charge in [-0.1, -0.05) is 12.1 Å². The van der Waals surface area contributed by atoms with E-state index in [2.05, 4.69) is 0 Å². The summed E-state index contributed by atoms with van der Waals surface area (Å²) in [5, 5.41) is 0. The van der Waals surface area contributed by atoms with Gasteiger partial charge in [0.1, 0.15) is 5.75 Å². The lowest BCUT2D eigenvalue weighted by Crippen LogP contribution is -2.52. The molecule has 0 N–H and O–H groups in total. The fraction of sp³-hybridized carbons (Fsp3) is 0.391. The molecule has 0 unspecified atom stereocenters. The molecular formula is C23H26N2O5. The van der Waals surface area contributed by atoms with Crippen LogP contribution in [0, 0.1) is 0 Å². The Hall–Kier alpha value is -3.22. The Balaban J connectivity index is 1.64. The first-order chi connectivity index (χ1) is 14.6. The van der Waals surface area contributed by atoms with Crippen LogP contribution in [0.1, 0.15) is 29.6 Å². The zero-order valence-electron chi connectivity index (χ0n) is 17.3. The number of methoxy groups -OCH3 is 2. The lowest BCUT2D eigenvalue weighted by molar-refractivity contribution is -0.139. The van der Waals surface area contributed by atoms with Crippen molar-refractivity contribution in [3.05, 3.63) is 48.0 Å². The van der Waals surface area contributed by atoms with Crippen LogP contribution in [0.15, 0.2) is 42.5 Å². The van der Waals surface area contributed by atoms with E-state index in [9.17, 15) is 9.59 Å². The maximum absolute atomic E-state index is 13.4. The van der Waals surface area contributed by atoms with Crippen LogP contribution in [0.25, 0.3) is 0 Å². The van der Waals surface area contributed by atoms with E-state index in [-0.39, 0.29) is 18.4 Å². The van der Waals surface area contributed by atoms with Crippen LogP contribution in [0.3, 0.4) is 0 Å². The monoisotopic (exact) mass is 410 g/mol. The molecule has 0 bridgehead atoms. The second-order valence-corrected chi connectivity index (χ2v) is 7.45. The van der Waals surface area contributed by atoms with Crippen molar-refractivity contribution >= 4 is 17.5 Å². The SMILES string of the molecule is COc1ccc(C(=O)N2C[C@@H](C(=O)N3CCCCC3)Oc3ccccc32)cc1OC. The number of likely N-dealkylation sites (tertiary alicyclic amines) is 1. The fourth-order valence-electron chi connectivity index (χ4n) is 4.00. The van der Waals surface area contributed by atoms with E-state index in [4.69, 9.17) is 14.2 Å². The average Bonchev–Trinajstić information content (AvgIpc) is 2.82. The molecule has 1 saturated heterocycles. The predicted octanol–water partition coefficient (Wildman–Crippen LogP) is 3.12. The molecule has 7 nitrogen and oxygen atoms in total. The second kappa shape index (κ2) is 8.65. The summed E-state index contributed by atoms with van der Waals surface area (Å²) in [6.45, 7) is 1.65. The number of fused-ring (bicyclic) bond motifs is 1. The molecule has 4 rings (SSSR count). The van der Waals surface area contributed by atoms with Crippen molar-refractivity contribution in [2.45, 2.75) is 25.4 Å². The minimum Gasteiger partial charge on any atom is -0.493 e. The number of amides is 2. The third kappa shape index (κ3) is 3.79. The fourth-order valence-corrected chi connectivity index (χ4v) is 4.00. The Bertz CT molecular complexity index is 939. The summed E-state index contributed by atoms with van der Waals surface area (Å²) in [6.07, 6.45) is 2.43. The van der Waals surface area contributed by atoms with Gasteiger partial charge < -0.3 is 24.0 Å². The van der Waals surface area contributed by atoms with Gasteiger partial charge in [-0.15, -0.1) is 0 Å². The maximum atomic E-state index is 13.4. The predicted molar refractivity (Wildman–Crippen MR) is 113 cm³/mol. The van der Waals surface area contributed by atoms with Gasteiger partial charge in [0.2, 0.25) is 0 Å². The number of piperidine rings is 1. The minimum absolute atomic E-state index is 0.0608. The zero-order valence-corrected chi connectivity index (χ0v) is 17.3. The van der Waals surface area contributed by atoms with Crippen molar-refractivity contribution in [3.63, 3.8) is 0 Å². The standard InChI is InChI=1S/C23H26N2O5/c1-28-19-11-10-16(14-20(19)29-2)22(26)25-15-21(23(27)24-12-6-3-7-13-24)30-18-9-5-4-8-17(18)25/h4-5,8-11,14,21H,3,6-7,12-13,15H2,1-2H3/t21-/m0/s1. The average molecular weight is 410 g/mol. The Morgan fingerprint density at radius 2 is 1.70 bits per heavy atom. The summed E-state index contributed by atoms with van der Waals surface area (Å²) >= 11 is 0. The second-order valence-electron chi connectivity index (χ2n) is 7.45.